The van der Waals surface area contributed by atoms with E-state index in [2.05, 4.69) is 21.6 Å². The summed E-state index contributed by atoms with van der Waals surface area (Å²) < 4.78 is 0. The Balaban J connectivity index is 0.00000272. The molecule has 0 aliphatic carbocycles. The summed E-state index contributed by atoms with van der Waals surface area (Å²) in [6, 6.07) is 0.541. The Hall–Kier alpha value is -1.46. The van der Waals surface area contributed by atoms with Crippen molar-refractivity contribution in [3.63, 3.8) is 0 Å². The molecular weight excluding hydrogens is 416 g/mol. The summed E-state index contributed by atoms with van der Waals surface area (Å²) in [5.74, 6) is 2.07. The van der Waals surface area contributed by atoms with Crippen molar-refractivity contribution < 1.29 is 0 Å². The van der Waals surface area contributed by atoms with Gasteiger partial charge in [-0.05, 0) is 38.5 Å². The number of nitrogens with zero attached hydrogens (tertiary/aromatic N) is 6. The summed E-state index contributed by atoms with van der Waals surface area (Å²) >= 11 is 0. The molecule has 4 heterocycles. The van der Waals surface area contributed by atoms with Gasteiger partial charge in [-0.3, -0.25) is 0 Å². The van der Waals surface area contributed by atoms with Crippen LogP contribution in [-0.2, 0) is 0 Å². The fourth-order valence-electron chi connectivity index (χ4n) is 5.13. The average molecular weight is 455 g/mol. The third-order valence-electron chi connectivity index (χ3n) is 6.55. The predicted molar refractivity (Wildman–Crippen MR) is 128 cm³/mol. The molecule has 3 saturated heterocycles. The summed E-state index contributed by atoms with van der Waals surface area (Å²) in [6.07, 6.45) is 6.31. The van der Waals surface area contributed by atoms with Crippen LogP contribution in [0.5, 0.6) is 0 Å². The van der Waals surface area contributed by atoms with Crippen LogP contribution in [0, 0.1) is 0 Å². The van der Waals surface area contributed by atoms with Crippen molar-refractivity contribution in [3.05, 3.63) is 0 Å². The maximum absolute atomic E-state index is 6.25. The molecule has 3 aliphatic rings. The fourth-order valence-corrected chi connectivity index (χ4v) is 5.13. The molecule has 10 nitrogen and oxygen atoms in total. The van der Waals surface area contributed by atoms with E-state index >= 15 is 0 Å². The lowest BCUT2D eigenvalue weighted by Crippen LogP contribution is -2.54. The zero-order valence-corrected chi connectivity index (χ0v) is 19.4. The number of rotatable bonds is 4. The number of piperidine rings is 3. The first kappa shape index (κ1) is 24.2. The van der Waals surface area contributed by atoms with Gasteiger partial charge in [-0.1, -0.05) is 6.92 Å². The van der Waals surface area contributed by atoms with E-state index in [1.807, 2.05) is 0 Å². The largest absolute Gasteiger partial charge is 0.338 e. The lowest BCUT2D eigenvalue weighted by molar-refractivity contribution is 0.432. The van der Waals surface area contributed by atoms with Gasteiger partial charge in [-0.15, -0.1) is 12.4 Å². The number of anilines is 3. The average Bonchev–Trinajstić information content (AvgIpc) is 2.72. The molecule has 0 bridgehead atoms. The summed E-state index contributed by atoms with van der Waals surface area (Å²) in [7, 11) is 0. The number of aromatic nitrogens is 3. The van der Waals surface area contributed by atoms with E-state index in [1.165, 1.54) is 12.8 Å². The third kappa shape index (κ3) is 5.67. The lowest BCUT2D eigenvalue weighted by atomic mass is 10.0. The van der Waals surface area contributed by atoms with Gasteiger partial charge >= 0.3 is 0 Å². The highest BCUT2D eigenvalue weighted by molar-refractivity contribution is 5.85. The van der Waals surface area contributed by atoms with Crippen molar-refractivity contribution >= 4 is 30.3 Å². The van der Waals surface area contributed by atoms with E-state index < -0.39 is 0 Å². The Morgan fingerprint density at radius 1 is 0.742 bits per heavy atom. The van der Waals surface area contributed by atoms with Crippen LogP contribution >= 0.6 is 12.4 Å². The lowest BCUT2D eigenvalue weighted by Gasteiger charge is -2.39. The summed E-state index contributed by atoms with van der Waals surface area (Å²) in [6.45, 7) is 6.01. The molecule has 3 fully saturated rings. The monoisotopic (exact) mass is 454 g/mol. The second-order valence-electron chi connectivity index (χ2n) is 9.31. The minimum absolute atomic E-state index is 0. The SMILES string of the molecule is CCC1CCCCN1c1nc(N2C[C@H](N)C[C@H](N)C2)nc(N2C[C@H](N)C[C@H](N)C2)n1.Cl. The molecule has 0 aromatic carbocycles. The first-order valence-electron chi connectivity index (χ1n) is 11.5. The van der Waals surface area contributed by atoms with Crippen LogP contribution in [0.25, 0.3) is 0 Å². The van der Waals surface area contributed by atoms with Crippen molar-refractivity contribution in [1.29, 1.82) is 0 Å². The van der Waals surface area contributed by atoms with Crippen molar-refractivity contribution in [2.75, 3.05) is 47.4 Å². The first-order chi connectivity index (χ1) is 14.4. The zero-order chi connectivity index (χ0) is 21.3. The van der Waals surface area contributed by atoms with Crippen LogP contribution in [0.1, 0.15) is 45.4 Å². The Morgan fingerprint density at radius 3 is 1.65 bits per heavy atom. The molecule has 5 atom stereocenters. The van der Waals surface area contributed by atoms with Crippen LogP contribution in [0.2, 0.25) is 0 Å². The number of hydrogen-bond acceptors (Lipinski definition) is 10. The topological polar surface area (TPSA) is 152 Å². The van der Waals surface area contributed by atoms with E-state index in [0.29, 0.717) is 44.1 Å². The van der Waals surface area contributed by atoms with E-state index in [9.17, 15) is 0 Å². The quantitative estimate of drug-likeness (QED) is 0.480. The molecule has 4 rings (SSSR count). The first-order valence-corrected chi connectivity index (χ1v) is 11.5. The van der Waals surface area contributed by atoms with Gasteiger partial charge in [0.05, 0.1) is 0 Å². The van der Waals surface area contributed by atoms with Gasteiger partial charge in [-0.25, -0.2) is 0 Å². The predicted octanol–water partition coefficient (Wildman–Crippen LogP) is -0.208. The molecule has 1 aromatic rings. The number of halogens is 1. The smallest absolute Gasteiger partial charge is 0.232 e. The number of hydrogen-bond donors (Lipinski definition) is 4. The van der Waals surface area contributed by atoms with Crippen LogP contribution in [-0.4, -0.2) is 77.9 Å². The molecule has 0 radical (unpaired) electrons. The zero-order valence-electron chi connectivity index (χ0n) is 18.6. The molecular formula is C20H39ClN10. The molecule has 0 amide bonds. The molecule has 1 unspecified atom stereocenters. The highest BCUT2D eigenvalue weighted by Crippen LogP contribution is 2.28. The van der Waals surface area contributed by atoms with Gasteiger partial charge in [-0.2, -0.15) is 15.0 Å². The summed E-state index contributed by atoms with van der Waals surface area (Å²) in [5, 5.41) is 0. The van der Waals surface area contributed by atoms with Gasteiger partial charge in [0, 0.05) is 62.9 Å². The van der Waals surface area contributed by atoms with Crippen molar-refractivity contribution in [1.82, 2.24) is 15.0 Å². The van der Waals surface area contributed by atoms with Crippen LogP contribution in [0.15, 0.2) is 0 Å². The van der Waals surface area contributed by atoms with Gasteiger partial charge < -0.3 is 37.6 Å². The van der Waals surface area contributed by atoms with Crippen LogP contribution in [0.4, 0.5) is 17.8 Å². The van der Waals surface area contributed by atoms with Crippen molar-refractivity contribution in [2.24, 2.45) is 22.9 Å². The minimum Gasteiger partial charge on any atom is -0.338 e. The molecule has 0 saturated carbocycles. The molecule has 1 aromatic heterocycles. The van der Waals surface area contributed by atoms with E-state index in [-0.39, 0.29) is 36.6 Å². The molecule has 8 N–H and O–H groups in total. The van der Waals surface area contributed by atoms with Gasteiger partial charge in [0.2, 0.25) is 17.8 Å². The summed E-state index contributed by atoms with van der Waals surface area (Å²) in [4.78, 5) is 21.2. The second kappa shape index (κ2) is 10.4. The Morgan fingerprint density at radius 2 is 1.19 bits per heavy atom. The number of nitrogens with two attached hydrogens (primary N) is 4. The standard InChI is InChI=1S/C20H38N10.ClH/c1-2-17-5-3-4-6-30(17)20-26-18(28-9-13(21)7-14(22)10-28)25-19(27-20)29-11-15(23)8-16(24)12-29;/h13-17H,2-12,21-24H2,1H3;1H/t13-,14+,15-,16+,17?;. The highest BCUT2D eigenvalue weighted by Gasteiger charge is 2.31. The summed E-state index contributed by atoms with van der Waals surface area (Å²) in [5.41, 5.74) is 25.0. The van der Waals surface area contributed by atoms with Crippen molar-refractivity contribution in [3.8, 4) is 0 Å². The van der Waals surface area contributed by atoms with Gasteiger partial charge in [0.15, 0.2) is 0 Å². The molecule has 176 valence electrons. The minimum atomic E-state index is 0. The maximum Gasteiger partial charge on any atom is 0.232 e. The van der Waals surface area contributed by atoms with Crippen LogP contribution < -0.4 is 37.6 Å². The van der Waals surface area contributed by atoms with Crippen LogP contribution in [0.3, 0.4) is 0 Å². The molecule has 3 aliphatic heterocycles. The Bertz CT molecular complexity index is 657. The van der Waals surface area contributed by atoms with Gasteiger partial charge in [0.25, 0.3) is 0 Å². The van der Waals surface area contributed by atoms with E-state index in [1.54, 1.807) is 0 Å². The van der Waals surface area contributed by atoms with E-state index in [0.717, 1.165) is 38.2 Å². The third-order valence-corrected chi connectivity index (χ3v) is 6.55. The Kier molecular flexibility index (Phi) is 8.14. The molecule has 0 spiro atoms. The van der Waals surface area contributed by atoms with E-state index in [4.69, 9.17) is 37.9 Å². The second-order valence-corrected chi connectivity index (χ2v) is 9.31. The van der Waals surface area contributed by atoms with Crippen molar-refractivity contribution in [2.45, 2.75) is 75.7 Å². The normalized spacial score (nSPS) is 32.0. The molecule has 31 heavy (non-hydrogen) atoms. The van der Waals surface area contributed by atoms with Gasteiger partial charge in [0.1, 0.15) is 0 Å². The Labute approximate surface area is 191 Å². The fraction of sp³-hybridized carbons (Fsp3) is 0.850. The maximum atomic E-state index is 6.25. The molecule has 11 heteroatoms. The highest BCUT2D eigenvalue weighted by atomic mass is 35.5.